The van der Waals surface area contributed by atoms with Gasteiger partial charge < -0.3 is 20.5 Å². The second kappa shape index (κ2) is 7.35. The van der Waals surface area contributed by atoms with Gasteiger partial charge in [0.2, 0.25) is 5.91 Å². The summed E-state index contributed by atoms with van der Waals surface area (Å²) in [6.45, 7) is 0.316. The molecule has 1 atom stereocenters. The number of nitrogens with one attached hydrogen (secondary N) is 1. The number of ether oxygens (including phenoxy) is 2. The van der Waals surface area contributed by atoms with Crippen LogP contribution in [0.5, 0.6) is 5.75 Å². The van der Waals surface area contributed by atoms with Gasteiger partial charge in [0.25, 0.3) is 0 Å². The standard InChI is InChI=1S/C12H17BrN2O3/c1-17-9(7-14)6-12(16)15-8-3-4-11(18-2)10(13)5-8/h3-5,9H,6-7,14H2,1-2H3,(H,15,16). The molecule has 0 fully saturated rings. The van der Waals surface area contributed by atoms with Crippen molar-refractivity contribution in [1.29, 1.82) is 0 Å². The molecule has 0 bridgehead atoms. The van der Waals surface area contributed by atoms with Gasteiger partial charge in [0.1, 0.15) is 5.75 Å². The molecule has 0 aliphatic heterocycles. The largest absolute Gasteiger partial charge is 0.496 e. The van der Waals surface area contributed by atoms with Gasteiger partial charge in [-0.1, -0.05) is 0 Å². The summed E-state index contributed by atoms with van der Waals surface area (Å²) in [6, 6.07) is 5.32. The van der Waals surface area contributed by atoms with E-state index in [1.165, 1.54) is 7.11 Å². The first kappa shape index (κ1) is 14.9. The third kappa shape index (κ3) is 4.29. The highest BCUT2D eigenvalue weighted by molar-refractivity contribution is 9.10. The van der Waals surface area contributed by atoms with Crippen molar-refractivity contribution in [3.8, 4) is 5.75 Å². The van der Waals surface area contributed by atoms with Gasteiger partial charge in [-0.25, -0.2) is 0 Å². The first-order valence-electron chi connectivity index (χ1n) is 5.47. The summed E-state index contributed by atoms with van der Waals surface area (Å²) >= 11 is 3.35. The molecule has 3 N–H and O–H groups in total. The van der Waals surface area contributed by atoms with Crippen molar-refractivity contribution < 1.29 is 14.3 Å². The van der Waals surface area contributed by atoms with E-state index in [-0.39, 0.29) is 18.4 Å². The molecule has 1 rings (SSSR count). The van der Waals surface area contributed by atoms with E-state index < -0.39 is 0 Å². The van der Waals surface area contributed by atoms with E-state index in [9.17, 15) is 4.79 Å². The third-order valence-electron chi connectivity index (χ3n) is 2.44. The SMILES string of the molecule is COc1ccc(NC(=O)CC(CN)OC)cc1Br. The Hall–Kier alpha value is -1.11. The van der Waals surface area contributed by atoms with Gasteiger partial charge in [0.15, 0.2) is 0 Å². The Kier molecular flexibility index (Phi) is 6.11. The number of hydrogen-bond donors (Lipinski definition) is 2. The maximum atomic E-state index is 11.7. The van der Waals surface area contributed by atoms with E-state index in [0.29, 0.717) is 18.0 Å². The summed E-state index contributed by atoms with van der Waals surface area (Å²) in [4.78, 5) is 11.7. The number of amides is 1. The number of anilines is 1. The minimum absolute atomic E-state index is 0.135. The quantitative estimate of drug-likeness (QED) is 0.838. The van der Waals surface area contributed by atoms with Crippen molar-refractivity contribution in [3.63, 3.8) is 0 Å². The first-order chi connectivity index (χ1) is 8.60. The van der Waals surface area contributed by atoms with Gasteiger partial charge in [0.05, 0.1) is 24.1 Å². The Morgan fingerprint density at radius 3 is 2.72 bits per heavy atom. The van der Waals surface area contributed by atoms with Crippen LogP contribution in [0.1, 0.15) is 6.42 Å². The molecule has 1 aromatic carbocycles. The molecule has 18 heavy (non-hydrogen) atoms. The second-order valence-corrected chi connectivity index (χ2v) is 4.55. The Morgan fingerprint density at radius 1 is 1.50 bits per heavy atom. The normalized spacial score (nSPS) is 12.0. The summed E-state index contributed by atoms with van der Waals surface area (Å²) in [7, 11) is 3.12. The van der Waals surface area contributed by atoms with Crippen LogP contribution in [-0.4, -0.2) is 32.8 Å². The van der Waals surface area contributed by atoms with Crippen LogP contribution in [0.25, 0.3) is 0 Å². The Labute approximate surface area is 115 Å². The molecular formula is C12H17BrN2O3. The molecule has 1 amide bonds. The zero-order chi connectivity index (χ0) is 13.5. The van der Waals surface area contributed by atoms with Gasteiger partial charge in [-0.05, 0) is 34.1 Å². The predicted octanol–water partition coefficient (Wildman–Crippen LogP) is 1.76. The average molecular weight is 317 g/mol. The van der Waals surface area contributed by atoms with Crippen LogP contribution in [0.15, 0.2) is 22.7 Å². The molecule has 1 aromatic rings. The number of halogens is 1. The van der Waals surface area contributed by atoms with Gasteiger partial charge >= 0.3 is 0 Å². The van der Waals surface area contributed by atoms with Gasteiger partial charge in [-0.15, -0.1) is 0 Å². The monoisotopic (exact) mass is 316 g/mol. The summed E-state index contributed by atoms with van der Waals surface area (Å²) in [6.07, 6.45) is -0.0249. The summed E-state index contributed by atoms with van der Waals surface area (Å²) in [5.41, 5.74) is 6.15. The minimum Gasteiger partial charge on any atom is -0.496 e. The Balaban J connectivity index is 2.62. The molecule has 0 aliphatic rings. The molecular weight excluding hydrogens is 300 g/mol. The highest BCUT2D eigenvalue weighted by Crippen LogP contribution is 2.27. The molecule has 1 unspecified atom stereocenters. The number of hydrogen-bond acceptors (Lipinski definition) is 4. The smallest absolute Gasteiger partial charge is 0.227 e. The highest BCUT2D eigenvalue weighted by atomic mass is 79.9. The van der Waals surface area contributed by atoms with Crippen LogP contribution in [-0.2, 0) is 9.53 Å². The number of nitrogens with two attached hydrogens (primary N) is 1. The highest BCUT2D eigenvalue weighted by Gasteiger charge is 2.12. The molecule has 0 aliphatic carbocycles. The van der Waals surface area contributed by atoms with Crippen molar-refractivity contribution in [2.24, 2.45) is 5.73 Å². The molecule has 0 saturated heterocycles. The lowest BCUT2D eigenvalue weighted by Gasteiger charge is -2.13. The van der Waals surface area contributed by atoms with Gasteiger partial charge in [-0.2, -0.15) is 0 Å². The van der Waals surface area contributed by atoms with E-state index in [1.807, 2.05) is 0 Å². The number of methoxy groups -OCH3 is 2. The maximum absolute atomic E-state index is 11.7. The maximum Gasteiger partial charge on any atom is 0.227 e. The lowest BCUT2D eigenvalue weighted by atomic mass is 10.2. The van der Waals surface area contributed by atoms with Crippen molar-refractivity contribution >= 4 is 27.5 Å². The van der Waals surface area contributed by atoms with E-state index in [0.717, 1.165) is 4.47 Å². The zero-order valence-electron chi connectivity index (χ0n) is 10.4. The molecule has 0 spiro atoms. The van der Waals surface area contributed by atoms with Gasteiger partial charge in [0, 0.05) is 19.3 Å². The van der Waals surface area contributed by atoms with Crippen LogP contribution in [0.2, 0.25) is 0 Å². The van der Waals surface area contributed by atoms with E-state index in [2.05, 4.69) is 21.2 Å². The molecule has 6 heteroatoms. The zero-order valence-corrected chi connectivity index (χ0v) is 12.0. The number of carbonyl (C=O) groups is 1. The molecule has 0 aromatic heterocycles. The van der Waals surface area contributed by atoms with Crippen molar-refractivity contribution in [2.45, 2.75) is 12.5 Å². The minimum atomic E-state index is -0.258. The molecule has 0 heterocycles. The van der Waals surface area contributed by atoms with Crippen LogP contribution in [0.4, 0.5) is 5.69 Å². The Bertz CT molecular complexity index is 408. The fourth-order valence-corrected chi connectivity index (χ4v) is 1.97. The van der Waals surface area contributed by atoms with E-state index in [4.69, 9.17) is 15.2 Å². The van der Waals surface area contributed by atoms with Gasteiger partial charge in [-0.3, -0.25) is 4.79 Å². The molecule has 0 saturated carbocycles. The fourth-order valence-electron chi connectivity index (χ4n) is 1.43. The summed E-state index contributed by atoms with van der Waals surface area (Å²) in [5.74, 6) is 0.578. The van der Waals surface area contributed by atoms with Crippen LogP contribution in [0.3, 0.4) is 0 Å². The van der Waals surface area contributed by atoms with Crippen molar-refractivity contribution in [1.82, 2.24) is 0 Å². The fraction of sp³-hybridized carbons (Fsp3) is 0.417. The third-order valence-corrected chi connectivity index (χ3v) is 3.06. The number of benzene rings is 1. The molecule has 0 radical (unpaired) electrons. The Morgan fingerprint density at radius 2 is 2.22 bits per heavy atom. The number of rotatable bonds is 6. The van der Waals surface area contributed by atoms with Crippen LogP contribution >= 0.6 is 15.9 Å². The topological polar surface area (TPSA) is 73.6 Å². The van der Waals surface area contributed by atoms with E-state index >= 15 is 0 Å². The lowest BCUT2D eigenvalue weighted by Crippen LogP contribution is -2.28. The average Bonchev–Trinajstić information content (AvgIpc) is 2.36. The molecule has 5 nitrogen and oxygen atoms in total. The van der Waals surface area contributed by atoms with Crippen LogP contribution < -0.4 is 15.8 Å². The predicted molar refractivity (Wildman–Crippen MR) is 73.8 cm³/mol. The van der Waals surface area contributed by atoms with Crippen molar-refractivity contribution in [3.05, 3.63) is 22.7 Å². The second-order valence-electron chi connectivity index (χ2n) is 3.70. The molecule has 100 valence electrons. The lowest BCUT2D eigenvalue weighted by molar-refractivity contribution is -0.118. The first-order valence-corrected chi connectivity index (χ1v) is 6.26. The van der Waals surface area contributed by atoms with E-state index in [1.54, 1.807) is 25.3 Å². The summed E-state index contributed by atoms with van der Waals surface area (Å²) in [5, 5.41) is 2.77. The summed E-state index contributed by atoms with van der Waals surface area (Å²) < 4.78 is 10.9. The number of carbonyl (C=O) groups excluding carboxylic acids is 1. The van der Waals surface area contributed by atoms with Crippen molar-refractivity contribution in [2.75, 3.05) is 26.1 Å². The van der Waals surface area contributed by atoms with Crippen LogP contribution in [0, 0.1) is 0 Å².